The molecule has 0 saturated carbocycles. The van der Waals surface area contributed by atoms with Gasteiger partial charge in [-0.3, -0.25) is 0 Å². The molecule has 0 fully saturated rings. The van der Waals surface area contributed by atoms with Gasteiger partial charge in [0.2, 0.25) is 0 Å². The van der Waals surface area contributed by atoms with Crippen molar-refractivity contribution in [3.8, 4) is 0 Å². The van der Waals surface area contributed by atoms with Gasteiger partial charge in [-0.2, -0.15) is 0 Å². The first-order valence-corrected chi connectivity index (χ1v) is 11.1. The van der Waals surface area contributed by atoms with Gasteiger partial charge in [-0.25, -0.2) is 0 Å². The molecule has 0 bridgehead atoms. The smallest absolute Gasteiger partial charge is 0.0493 e. The Morgan fingerprint density at radius 3 is 2.32 bits per heavy atom. The molecule has 2 nitrogen and oxygen atoms in total. The van der Waals surface area contributed by atoms with E-state index in [4.69, 9.17) is 11.6 Å². The number of hydrogen-bond acceptors (Lipinski definition) is 1. The first kappa shape index (κ1) is 23.4. The summed E-state index contributed by atoms with van der Waals surface area (Å²) >= 11 is 6.46. The lowest BCUT2D eigenvalue weighted by molar-refractivity contribution is 0.493. The first-order valence-electron chi connectivity index (χ1n) is 10.8. The fraction of sp³-hybridized carbons (Fsp3) is 0.259. The molecule has 0 aliphatic rings. The van der Waals surface area contributed by atoms with Gasteiger partial charge in [0.1, 0.15) is 0 Å². The maximum Gasteiger partial charge on any atom is 0.0493 e. The van der Waals surface area contributed by atoms with Crippen LogP contribution in [0.25, 0.3) is 10.9 Å². The Balaban J connectivity index is 0.00000272. The third-order valence-electron chi connectivity index (χ3n) is 5.95. The number of halogens is 2. The van der Waals surface area contributed by atoms with E-state index in [1.807, 2.05) is 12.1 Å². The fourth-order valence-electron chi connectivity index (χ4n) is 4.31. The SMILES string of the molecule is CCCC(NCc1c(C)n(Cc2ccccc2Cl)c2ccccc12)c1ccccc1.Cl. The minimum absolute atomic E-state index is 0. The number of rotatable bonds is 8. The molecule has 0 radical (unpaired) electrons. The van der Waals surface area contributed by atoms with Crippen LogP contribution in [0.1, 0.15) is 48.2 Å². The van der Waals surface area contributed by atoms with Crippen LogP contribution in [-0.2, 0) is 13.1 Å². The van der Waals surface area contributed by atoms with Crippen molar-refractivity contribution in [3.63, 3.8) is 0 Å². The second kappa shape index (κ2) is 10.9. The van der Waals surface area contributed by atoms with Gasteiger partial charge in [-0.15, -0.1) is 12.4 Å². The zero-order valence-corrected chi connectivity index (χ0v) is 19.7. The van der Waals surface area contributed by atoms with Crippen molar-refractivity contribution in [2.75, 3.05) is 0 Å². The maximum absolute atomic E-state index is 6.46. The first-order chi connectivity index (χ1) is 14.7. The predicted octanol–water partition coefficient (Wildman–Crippen LogP) is 7.70. The molecule has 1 unspecified atom stereocenters. The summed E-state index contributed by atoms with van der Waals surface area (Å²) in [5.74, 6) is 0. The lowest BCUT2D eigenvalue weighted by Gasteiger charge is -2.19. The van der Waals surface area contributed by atoms with Gasteiger partial charge in [0, 0.05) is 40.8 Å². The van der Waals surface area contributed by atoms with Crippen molar-refractivity contribution in [2.24, 2.45) is 0 Å². The molecule has 0 amide bonds. The summed E-state index contributed by atoms with van der Waals surface area (Å²) in [4.78, 5) is 0. The molecule has 4 aromatic rings. The van der Waals surface area contributed by atoms with Crippen LogP contribution < -0.4 is 5.32 Å². The average molecular weight is 453 g/mol. The van der Waals surface area contributed by atoms with Crippen molar-refractivity contribution >= 4 is 34.9 Å². The van der Waals surface area contributed by atoms with Crippen molar-refractivity contribution in [3.05, 3.63) is 106 Å². The standard InChI is InChI=1S/C27H29ClN2.ClH/c1-3-11-26(21-12-5-4-6-13-21)29-18-24-20(2)30(27-17-10-8-15-23(24)27)19-22-14-7-9-16-25(22)28;/h4-10,12-17,26,29H,3,11,18-19H2,1-2H3;1H. The maximum atomic E-state index is 6.46. The van der Waals surface area contributed by atoms with Gasteiger partial charge in [0.15, 0.2) is 0 Å². The monoisotopic (exact) mass is 452 g/mol. The number of aromatic nitrogens is 1. The fourth-order valence-corrected chi connectivity index (χ4v) is 4.51. The van der Waals surface area contributed by atoms with E-state index in [2.05, 4.69) is 90.5 Å². The van der Waals surface area contributed by atoms with Crippen molar-refractivity contribution < 1.29 is 0 Å². The Labute approximate surface area is 196 Å². The van der Waals surface area contributed by atoms with Crippen LogP contribution in [0.15, 0.2) is 78.9 Å². The zero-order chi connectivity index (χ0) is 20.9. The number of fused-ring (bicyclic) bond motifs is 1. The van der Waals surface area contributed by atoms with Gasteiger partial charge in [0.25, 0.3) is 0 Å². The Hall–Kier alpha value is -2.26. The molecule has 31 heavy (non-hydrogen) atoms. The van der Waals surface area contributed by atoms with Crippen molar-refractivity contribution in [1.82, 2.24) is 9.88 Å². The predicted molar refractivity (Wildman–Crippen MR) is 135 cm³/mol. The highest BCUT2D eigenvalue weighted by atomic mass is 35.5. The van der Waals surface area contributed by atoms with E-state index in [-0.39, 0.29) is 12.4 Å². The summed E-state index contributed by atoms with van der Waals surface area (Å²) in [5, 5.41) is 5.97. The number of benzene rings is 3. The van der Waals surface area contributed by atoms with Gasteiger partial charge in [0.05, 0.1) is 0 Å². The van der Waals surface area contributed by atoms with E-state index in [1.165, 1.54) is 27.7 Å². The molecule has 1 aromatic heterocycles. The minimum atomic E-state index is 0. The molecule has 0 aliphatic carbocycles. The van der Waals surface area contributed by atoms with E-state index >= 15 is 0 Å². The van der Waals surface area contributed by atoms with Crippen LogP contribution in [0.4, 0.5) is 0 Å². The highest BCUT2D eigenvalue weighted by molar-refractivity contribution is 6.31. The molecule has 0 aliphatic heterocycles. The number of nitrogens with zero attached hydrogens (tertiary/aromatic N) is 1. The van der Waals surface area contributed by atoms with E-state index in [0.29, 0.717) is 6.04 Å². The van der Waals surface area contributed by atoms with E-state index in [0.717, 1.165) is 36.5 Å². The van der Waals surface area contributed by atoms with E-state index in [9.17, 15) is 0 Å². The minimum Gasteiger partial charge on any atom is -0.340 e. The Morgan fingerprint density at radius 2 is 1.58 bits per heavy atom. The van der Waals surface area contributed by atoms with Gasteiger partial charge >= 0.3 is 0 Å². The molecule has 162 valence electrons. The third kappa shape index (κ3) is 5.15. The van der Waals surface area contributed by atoms with Crippen LogP contribution in [0.3, 0.4) is 0 Å². The van der Waals surface area contributed by atoms with Crippen LogP contribution >= 0.6 is 24.0 Å². The average Bonchev–Trinajstić information content (AvgIpc) is 3.04. The summed E-state index contributed by atoms with van der Waals surface area (Å²) < 4.78 is 2.39. The number of hydrogen-bond donors (Lipinski definition) is 1. The molecule has 3 aromatic carbocycles. The van der Waals surface area contributed by atoms with Gasteiger partial charge in [-0.1, -0.05) is 91.7 Å². The molecule has 4 rings (SSSR count). The van der Waals surface area contributed by atoms with Crippen molar-refractivity contribution in [1.29, 1.82) is 0 Å². The largest absolute Gasteiger partial charge is 0.340 e. The van der Waals surface area contributed by atoms with Crippen LogP contribution in [0, 0.1) is 6.92 Å². The van der Waals surface area contributed by atoms with Gasteiger partial charge < -0.3 is 9.88 Å². The molecule has 1 heterocycles. The lowest BCUT2D eigenvalue weighted by Crippen LogP contribution is -2.21. The molecule has 0 spiro atoms. The molecule has 0 saturated heterocycles. The van der Waals surface area contributed by atoms with Crippen molar-refractivity contribution in [2.45, 2.75) is 45.8 Å². The second-order valence-electron chi connectivity index (χ2n) is 7.89. The molecule has 1 atom stereocenters. The Kier molecular flexibility index (Phi) is 8.20. The number of para-hydroxylation sites is 1. The quantitative estimate of drug-likeness (QED) is 0.289. The Morgan fingerprint density at radius 1 is 0.903 bits per heavy atom. The van der Waals surface area contributed by atoms with Crippen LogP contribution in [-0.4, -0.2) is 4.57 Å². The molecule has 4 heteroatoms. The molecular weight excluding hydrogens is 423 g/mol. The summed E-state index contributed by atoms with van der Waals surface area (Å²) in [6.45, 7) is 6.11. The second-order valence-corrected chi connectivity index (χ2v) is 8.30. The summed E-state index contributed by atoms with van der Waals surface area (Å²) in [7, 11) is 0. The van der Waals surface area contributed by atoms with E-state index in [1.54, 1.807) is 0 Å². The summed E-state index contributed by atoms with van der Waals surface area (Å²) in [6.07, 6.45) is 2.28. The summed E-state index contributed by atoms with van der Waals surface area (Å²) in [5.41, 5.74) is 6.44. The Bertz CT molecular complexity index is 1120. The molecule has 1 N–H and O–H groups in total. The highest BCUT2D eigenvalue weighted by Gasteiger charge is 2.17. The lowest BCUT2D eigenvalue weighted by atomic mass is 10.0. The highest BCUT2D eigenvalue weighted by Crippen LogP contribution is 2.29. The zero-order valence-electron chi connectivity index (χ0n) is 18.1. The normalized spacial score (nSPS) is 12.0. The number of nitrogens with one attached hydrogen (secondary N) is 1. The van der Waals surface area contributed by atoms with E-state index < -0.39 is 0 Å². The topological polar surface area (TPSA) is 17.0 Å². The van der Waals surface area contributed by atoms with Crippen LogP contribution in [0.2, 0.25) is 5.02 Å². The third-order valence-corrected chi connectivity index (χ3v) is 6.32. The van der Waals surface area contributed by atoms with Gasteiger partial charge in [-0.05, 0) is 42.2 Å². The summed E-state index contributed by atoms with van der Waals surface area (Å²) in [6, 6.07) is 28.0. The molecular formula is C27H30Cl2N2. The van der Waals surface area contributed by atoms with Crippen LogP contribution in [0.5, 0.6) is 0 Å².